The van der Waals surface area contributed by atoms with E-state index in [-0.39, 0.29) is 5.54 Å². The Morgan fingerprint density at radius 3 is 2.75 bits per heavy atom. The molecule has 1 unspecified atom stereocenters. The SMILES string of the molecule is Cc1cccc(N2CC(C)NC(C)(C)C2)c1. The smallest absolute Gasteiger partial charge is 0.0370 e. The summed E-state index contributed by atoms with van der Waals surface area (Å²) in [5, 5.41) is 3.63. The van der Waals surface area contributed by atoms with Crippen LogP contribution in [0.3, 0.4) is 0 Å². The highest BCUT2D eigenvalue weighted by Gasteiger charge is 2.29. The Morgan fingerprint density at radius 2 is 2.12 bits per heavy atom. The largest absolute Gasteiger partial charge is 0.368 e. The van der Waals surface area contributed by atoms with Crippen molar-refractivity contribution in [3.8, 4) is 0 Å². The van der Waals surface area contributed by atoms with Crippen LogP contribution in [-0.4, -0.2) is 24.7 Å². The third kappa shape index (κ3) is 2.56. The summed E-state index contributed by atoms with van der Waals surface area (Å²) in [6.07, 6.45) is 0. The van der Waals surface area contributed by atoms with E-state index < -0.39 is 0 Å². The summed E-state index contributed by atoms with van der Waals surface area (Å²) in [4.78, 5) is 2.48. The van der Waals surface area contributed by atoms with E-state index in [1.165, 1.54) is 11.3 Å². The molecule has 0 aliphatic carbocycles. The fraction of sp³-hybridized carbons (Fsp3) is 0.571. The summed E-state index contributed by atoms with van der Waals surface area (Å²) in [5.74, 6) is 0. The zero-order valence-corrected chi connectivity index (χ0v) is 10.7. The Hall–Kier alpha value is -1.02. The number of aryl methyl sites for hydroxylation is 1. The van der Waals surface area contributed by atoms with Crippen LogP contribution >= 0.6 is 0 Å². The molecule has 1 aliphatic rings. The zero-order chi connectivity index (χ0) is 11.8. The maximum atomic E-state index is 3.63. The fourth-order valence-electron chi connectivity index (χ4n) is 2.65. The second kappa shape index (κ2) is 4.10. The van der Waals surface area contributed by atoms with Gasteiger partial charge < -0.3 is 10.2 Å². The summed E-state index contributed by atoms with van der Waals surface area (Å²) in [5.41, 5.74) is 2.88. The van der Waals surface area contributed by atoms with E-state index in [1.807, 2.05) is 0 Å². The number of piperazine rings is 1. The van der Waals surface area contributed by atoms with Crippen molar-refractivity contribution in [1.82, 2.24) is 5.32 Å². The van der Waals surface area contributed by atoms with Gasteiger partial charge >= 0.3 is 0 Å². The maximum Gasteiger partial charge on any atom is 0.0370 e. The van der Waals surface area contributed by atoms with Crippen molar-refractivity contribution in [2.45, 2.75) is 39.3 Å². The first-order chi connectivity index (χ1) is 7.46. The molecule has 1 aliphatic heterocycles. The van der Waals surface area contributed by atoms with E-state index in [0.717, 1.165) is 13.1 Å². The molecule has 88 valence electrons. The Labute approximate surface area is 98.7 Å². The lowest BCUT2D eigenvalue weighted by Gasteiger charge is -2.44. The third-order valence-electron chi connectivity index (χ3n) is 3.08. The predicted octanol–water partition coefficient (Wildman–Crippen LogP) is 2.57. The molecule has 1 atom stereocenters. The molecule has 0 saturated carbocycles. The van der Waals surface area contributed by atoms with Crippen molar-refractivity contribution >= 4 is 5.69 Å². The molecule has 0 amide bonds. The van der Waals surface area contributed by atoms with Gasteiger partial charge in [0, 0.05) is 30.4 Å². The Bertz CT molecular complexity index is 371. The van der Waals surface area contributed by atoms with Crippen molar-refractivity contribution in [1.29, 1.82) is 0 Å². The van der Waals surface area contributed by atoms with Gasteiger partial charge in [-0.3, -0.25) is 0 Å². The number of benzene rings is 1. The first-order valence-corrected chi connectivity index (χ1v) is 6.06. The normalized spacial score (nSPS) is 24.5. The van der Waals surface area contributed by atoms with Gasteiger partial charge in [0.05, 0.1) is 0 Å². The molecule has 0 aromatic heterocycles. The van der Waals surface area contributed by atoms with Gasteiger partial charge in [0.1, 0.15) is 0 Å². The molecule has 1 aromatic rings. The number of anilines is 1. The lowest BCUT2D eigenvalue weighted by atomic mass is 9.98. The van der Waals surface area contributed by atoms with E-state index in [1.54, 1.807) is 0 Å². The maximum absolute atomic E-state index is 3.63. The molecule has 1 aromatic carbocycles. The van der Waals surface area contributed by atoms with Crippen LogP contribution in [-0.2, 0) is 0 Å². The van der Waals surface area contributed by atoms with Crippen molar-refractivity contribution < 1.29 is 0 Å². The van der Waals surface area contributed by atoms with Gasteiger partial charge in [-0.15, -0.1) is 0 Å². The summed E-state index contributed by atoms with van der Waals surface area (Å²) >= 11 is 0. The number of hydrogen-bond acceptors (Lipinski definition) is 2. The van der Waals surface area contributed by atoms with Gasteiger partial charge in [0.25, 0.3) is 0 Å². The molecule has 2 heteroatoms. The van der Waals surface area contributed by atoms with Crippen LogP contribution in [0, 0.1) is 6.92 Å². The van der Waals surface area contributed by atoms with Gasteiger partial charge in [0.2, 0.25) is 0 Å². The highest BCUT2D eigenvalue weighted by Crippen LogP contribution is 2.22. The molecule has 0 radical (unpaired) electrons. The molecule has 2 rings (SSSR count). The minimum Gasteiger partial charge on any atom is -0.368 e. The first-order valence-electron chi connectivity index (χ1n) is 6.06. The van der Waals surface area contributed by atoms with Gasteiger partial charge in [-0.1, -0.05) is 12.1 Å². The van der Waals surface area contributed by atoms with Gasteiger partial charge in [0.15, 0.2) is 0 Å². The lowest BCUT2D eigenvalue weighted by molar-refractivity contribution is 0.301. The second-order valence-corrected chi connectivity index (χ2v) is 5.65. The van der Waals surface area contributed by atoms with Crippen molar-refractivity contribution in [2.75, 3.05) is 18.0 Å². The predicted molar refractivity (Wildman–Crippen MR) is 70.1 cm³/mol. The van der Waals surface area contributed by atoms with E-state index in [4.69, 9.17) is 0 Å². The minimum atomic E-state index is 0.196. The number of nitrogens with zero attached hydrogens (tertiary/aromatic N) is 1. The van der Waals surface area contributed by atoms with Crippen LogP contribution < -0.4 is 10.2 Å². The summed E-state index contributed by atoms with van der Waals surface area (Å²) in [6, 6.07) is 9.32. The fourth-order valence-corrected chi connectivity index (χ4v) is 2.65. The number of nitrogens with one attached hydrogen (secondary N) is 1. The van der Waals surface area contributed by atoms with E-state index >= 15 is 0 Å². The topological polar surface area (TPSA) is 15.3 Å². The first kappa shape index (κ1) is 11.5. The van der Waals surface area contributed by atoms with Gasteiger partial charge in [-0.25, -0.2) is 0 Å². The second-order valence-electron chi connectivity index (χ2n) is 5.65. The Balaban J connectivity index is 2.21. The lowest BCUT2D eigenvalue weighted by Crippen LogP contribution is -2.61. The van der Waals surface area contributed by atoms with Crippen molar-refractivity contribution in [3.05, 3.63) is 29.8 Å². The molecule has 2 nitrogen and oxygen atoms in total. The molecule has 0 bridgehead atoms. The highest BCUT2D eigenvalue weighted by atomic mass is 15.2. The molecule has 0 spiro atoms. The molecule has 1 fully saturated rings. The van der Waals surface area contributed by atoms with E-state index in [9.17, 15) is 0 Å². The molecule has 1 heterocycles. The number of hydrogen-bond donors (Lipinski definition) is 1. The molecule has 1 N–H and O–H groups in total. The highest BCUT2D eigenvalue weighted by molar-refractivity contribution is 5.49. The summed E-state index contributed by atoms with van der Waals surface area (Å²) in [7, 11) is 0. The van der Waals surface area contributed by atoms with Crippen molar-refractivity contribution in [3.63, 3.8) is 0 Å². The van der Waals surface area contributed by atoms with E-state index in [2.05, 4.69) is 62.2 Å². The summed E-state index contributed by atoms with van der Waals surface area (Å²) < 4.78 is 0. The third-order valence-corrected chi connectivity index (χ3v) is 3.08. The summed E-state index contributed by atoms with van der Waals surface area (Å²) in [6.45, 7) is 11.1. The number of rotatable bonds is 1. The molecule has 16 heavy (non-hydrogen) atoms. The molecular weight excluding hydrogens is 196 g/mol. The molecule has 1 saturated heterocycles. The average Bonchev–Trinajstić information content (AvgIpc) is 2.14. The minimum absolute atomic E-state index is 0.196. The van der Waals surface area contributed by atoms with Gasteiger partial charge in [-0.2, -0.15) is 0 Å². The zero-order valence-electron chi connectivity index (χ0n) is 10.7. The standard InChI is InChI=1S/C14H22N2/c1-11-6-5-7-13(8-11)16-9-12(2)15-14(3,4)10-16/h5-8,12,15H,9-10H2,1-4H3. The quantitative estimate of drug-likeness (QED) is 0.779. The van der Waals surface area contributed by atoms with Crippen LogP contribution in [0.2, 0.25) is 0 Å². The van der Waals surface area contributed by atoms with Gasteiger partial charge in [-0.05, 0) is 45.4 Å². The van der Waals surface area contributed by atoms with Crippen LogP contribution in [0.5, 0.6) is 0 Å². The van der Waals surface area contributed by atoms with Crippen LogP contribution in [0.1, 0.15) is 26.3 Å². The Kier molecular flexibility index (Phi) is 2.94. The van der Waals surface area contributed by atoms with Crippen LogP contribution in [0.15, 0.2) is 24.3 Å². The van der Waals surface area contributed by atoms with Crippen molar-refractivity contribution in [2.24, 2.45) is 0 Å². The molecular formula is C14H22N2. The van der Waals surface area contributed by atoms with Crippen LogP contribution in [0.25, 0.3) is 0 Å². The van der Waals surface area contributed by atoms with Crippen LogP contribution in [0.4, 0.5) is 5.69 Å². The Morgan fingerprint density at radius 1 is 1.38 bits per heavy atom. The van der Waals surface area contributed by atoms with E-state index in [0.29, 0.717) is 6.04 Å². The monoisotopic (exact) mass is 218 g/mol. The average molecular weight is 218 g/mol.